The van der Waals surface area contributed by atoms with Crippen molar-refractivity contribution in [2.24, 2.45) is 4.99 Å². The van der Waals surface area contributed by atoms with Crippen LogP contribution in [0.2, 0.25) is 0 Å². The Bertz CT molecular complexity index is 875. The summed E-state index contributed by atoms with van der Waals surface area (Å²) < 4.78 is 6.60. The molecule has 0 saturated carbocycles. The van der Waals surface area contributed by atoms with Gasteiger partial charge in [0, 0.05) is 12.6 Å². The van der Waals surface area contributed by atoms with Gasteiger partial charge in [0.05, 0.1) is 26.1 Å². The molecule has 0 fully saturated rings. The maximum Gasteiger partial charge on any atom is 0.280 e. The van der Waals surface area contributed by atoms with E-state index in [1.807, 2.05) is 0 Å². The van der Waals surface area contributed by atoms with Gasteiger partial charge in [0.2, 0.25) is 5.95 Å². The lowest BCUT2D eigenvalue weighted by Gasteiger charge is -2.13. The predicted molar refractivity (Wildman–Crippen MR) is 94.1 cm³/mol. The predicted octanol–water partition coefficient (Wildman–Crippen LogP) is -3.18. The quantitative estimate of drug-likeness (QED) is 0.209. The number of ketones is 1. The third-order valence-electron chi connectivity index (χ3n) is 3.68. The second-order valence-corrected chi connectivity index (χ2v) is 5.71. The molecule has 0 aromatic carbocycles. The number of Topliss-reactive ketones (excluding diaryl/α,β-unsaturated/α-hetero) is 1. The van der Waals surface area contributed by atoms with Crippen LogP contribution in [-0.4, -0.2) is 95.2 Å². The van der Waals surface area contributed by atoms with Crippen molar-refractivity contribution >= 4 is 29.1 Å². The van der Waals surface area contributed by atoms with Gasteiger partial charge in [-0.1, -0.05) is 0 Å². The number of aromatic amines is 1. The van der Waals surface area contributed by atoms with E-state index in [0.29, 0.717) is 0 Å². The molecule has 0 aliphatic rings. The van der Waals surface area contributed by atoms with E-state index < -0.39 is 49.5 Å². The third kappa shape index (κ3) is 5.25. The van der Waals surface area contributed by atoms with Crippen LogP contribution >= 0.6 is 0 Å². The van der Waals surface area contributed by atoms with Crippen molar-refractivity contribution in [1.29, 1.82) is 0 Å². The van der Waals surface area contributed by atoms with Crippen molar-refractivity contribution in [3.05, 3.63) is 16.7 Å². The van der Waals surface area contributed by atoms with E-state index in [1.165, 1.54) is 10.9 Å². The summed E-state index contributed by atoms with van der Waals surface area (Å²) >= 11 is 0. The average Bonchev–Trinajstić information content (AvgIpc) is 3.10. The molecule has 0 aliphatic heterocycles. The molecule has 2 heterocycles. The smallest absolute Gasteiger partial charge is 0.280 e. The fraction of sp³-hybridized carbons (Fsp3) is 0.533. The van der Waals surface area contributed by atoms with E-state index in [1.54, 1.807) is 0 Å². The van der Waals surface area contributed by atoms with Crippen LogP contribution in [0.4, 0.5) is 5.95 Å². The Kier molecular flexibility index (Phi) is 7.86. The third-order valence-corrected chi connectivity index (χ3v) is 3.68. The van der Waals surface area contributed by atoms with Crippen LogP contribution in [0, 0.1) is 0 Å². The van der Waals surface area contributed by atoms with Gasteiger partial charge in [-0.3, -0.25) is 19.1 Å². The van der Waals surface area contributed by atoms with Crippen molar-refractivity contribution in [2.45, 2.75) is 31.5 Å². The first-order valence-corrected chi connectivity index (χ1v) is 8.23. The average molecular weight is 399 g/mol. The standard InChI is InChI=1S/C15H21N5O8/c21-2-1-9(24)12(26)10(25)3-16-15-18-13-11(14(27)19-15)17-6-20(13)7-28-8(4-22)5-23/h3,6,8,10,12,21-23,25-26H,1-2,4-5,7H2,(H,18,19,27). The molecule has 0 spiro atoms. The Labute approximate surface area is 157 Å². The van der Waals surface area contributed by atoms with E-state index in [0.717, 1.165) is 6.21 Å². The molecule has 28 heavy (non-hydrogen) atoms. The number of aliphatic imine (C=N–C) groups is 1. The zero-order valence-electron chi connectivity index (χ0n) is 14.7. The SMILES string of the molecule is O=C(CCO)C(O)C(O)C=Nc1nc2c(ncn2COC(CO)CO)c(=O)[nH]1. The number of nitrogens with zero attached hydrogens (tertiary/aromatic N) is 4. The summed E-state index contributed by atoms with van der Waals surface area (Å²) in [4.78, 5) is 37.6. The Balaban J connectivity index is 2.20. The second kappa shape index (κ2) is 10.1. The molecule has 2 unspecified atom stereocenters. The van der Waals surface area contributed by atoms with Gasteiger partial charge in [0.15, 0.2) is 16.9 Å². The molecule has 0 bridgehead atoms. The molecule has 2 aromatic rings. The summed E-state index contributed by atoms with van der Waals surface area (Å²) in [5, 5.41) is 46.1. The van der Waals surface area contributed by atoms with Gasteiger partial charge in [-0.2, -0.15) is 4.98 Å². The van der Waals surface area contributed by atoms with Gasteiger partial charge in [-0.05, 0) is 0 Å². The number of H-pyrrole nitrogens is 1. The first-order chi connectivity index (χ1) is 13.4. The van der Waals surface area contributed by atoms with Crippen molar-refractivity contribution in [2.75, 3.05) is 19.8 Å². The molecule has 13 nitrogen and oxygen atoms in total. The zero-order valence-corrected chi connectivity index (χ0v) is 14.7. The number of hydrogen-bond acceptors (Lipinski definition) is 11. The lowest BCUT2D eigenvalue weighted by atomic mass is 10.1. The van der Waals surface area contributed by atoms with Gasteiger partial charge in [0.25, 0.3) is 5.56 Å². The van der Waals surface area contributed by atoms with Gasteiger partial charge in [-0.15, -0.1) is 0 Å². The molecule has 13 heteroatoms. The lowest BCUT2D eigenvalue weighted by Crippen LogP contribution is -2.35. The van der Waals surface area contributed by atoms with E-state index >= 15 is 0 Å². The Morgan fingerprint density at radius 3 is 2.68 bits per heavy atom. The first-order valence-electron chi connectivity index (χ1n) is 8.23. The minimum absolute atomic E-state index is 0.00852. The van der Waals surface area contributed by atoms with Crippen LogP contribution in [0.5, 0.6) is 0 Å². The van der Waals surface area contributed by atoms with E-state index in [2.05, 4.69) is 19.9 Å². The monoisotopic (exact) mass is 399 g/mol. The number of nitrogens with one attached hydrogen (secondary N) is 1. The minimum atomic E-state index is -1.78. The summed E-state index contributed by atoms with van der Waals surface area (Å²) in [5.41, 5.74) is -0.536. The number of ether oxygens (including phenoxy) is 1. The Morgan fingerprint density at radius 1 is 1.32 bits per heavy atom. The normalized spacial score (nSPS) is 14.2. The van der Waals surface area contributed by atoms with E-state index in [4.69, 9.17) is 20.1 Å². The molecule has 154 valence electrons. The van der Waals surface area contributed by atoms with Crippen LogP contribution in [0.25, 0.3) is 11.2 Å². The van der Waals surface area contributed by atoms with Gasteiger partial charge >= 0.3 is 0 Å². The second-order valence-electron chi connectivity index (χ2n) is 5.71. The molecule has 2 rings (SSSR count). The molecule has 2 aromatic heterocycles. The number of carbonyl (C=O) groups is 1. The highest BCUT2D eigenvalue weighted by Crippen LogP contribution is 2.10. The summed E-state index contributed by atoms with van der Waals surface area (Å²) in [6, 6.07) is 0. The molecule has 0 aliphatic carbocycles. The van der Waals surface area contributed by atoms with Crippen molar-refractivity contribution in [1.82, 2.24) is 19.5 Å². The Hall–Kier alpha value is -2.55. The summed E-state index contributed by atoms with van der Waals surface area (Å²) in [7, 11) is 0. The molecular weight excluding hydrogens is 378 g/mol. The van der Waals surface area contributed by atoms with Crippen LogP contribution in [0.15, 0.2) is 16.1 Å². The maximum atomic E-state index is 12.1. The largest absolute Gasteiger partial charge is 0.396 e. The molecule has 0 saturated heterocycles. The topological polar surface area (TPSA) is 203 Å². The molecule has 2 atom stereocenters. The molecule has 0 radical (unpaired) electrons. The summed E-state index contributed by atoms with van der Waals surface area (Å²) in [5.74, 6) is -0.989. The number of carbonyl (C=O) groups excluding carboxylic acids is 1. The molecular formula is C15H21N5O8. The number of aliphatic hydroxyl groups is 5. The highest BCUT2D eigenvalue weighted by molar-refractivity contribution is 5.87. The van der Waals surface area contributed by atoms with Crippen molar-refractivity contribution < 1.29 is 35.1 Å². The highest BCUT2D eigenvalue weighted by atomic mass is 16.5. The summed E-state index contributed by atoms with van der Waals surface area (Å²) in [6.07, 6.45) is -2.48. The molecule has 0 amide bonds. The fourth-order valence-corrected chi connectivity index (χ4v) is 2.12. The number of aliphatic hydroxyl groups excluding tert-OH is 5. The fourth-order valence-electron chi connectivity index (χ4n) is 2.12. The van der Waals surface area contributed by atoms with Gasteiger partial charge < -0.3 is 30.3 Å². The number of aromatic nitrogens is 4. The number of rotatable bonds is 11. The van der Waals surface area contributed by atoms with Crippen molar-refractivity contribution in [3.63, 3.8) is 0 Å². The van der Waals surface area contributed by atoms with E-state index in [-0.39, 0.29) is 30.3 Å². The number of fused-ring (bicyclic) bond motifs is 1. The lowest BCUT2D eigenvalue weighted by molar-refractivity contribution is -0.131. The summed E-state index contributed by atoms with van der Waals surface area (Å²) in [6.45, 7) is -1.42. The molecule has 6 N–H and O–H groups in total. The van der Waals surface area contributed by atoms with Crippen LogP contribution < -0.4 is 5.56 Å². The van der Waals surface area contributed by atoms with Crippen LogP contribution in [0.3, 0.4) is 0 Å². The van der Waals surface area contributed by atoms with Gasteiger partial charge in [0.1, 0.15) is 25.0 Å². The first kappa shape index (κ1) is 21.7. The minimum Gasteiger partial charge on any atom is -0.396 e. The maximum absolute atomic E-state index is 12.1. The van der Waals surface area contributed by atoms with Crippen molar-refractivity contribution in [3.8, 4) is 0 Å². The number of imidazole rings is 1. The Morgan fingerprint density at radius 2 is 2.04 bits per heavy atom. The van der Waals surface area contributed by atoms with Crippen LogP contribution in [-0.2, 0) is 16.3 Å². The van der Waals surface area contributed by atoms with Crippen LogP contribution in [0.1, 0.15) is 6.42 Å². The zero-order chi connectivity index (χ0) is 20.7. The highest BCUT2D eigenvalue weighted by Gasteiger charge is 2.22. The number of hydrogen-bond donors (Lipinski definition) is 6. The van der Waals surface area contributed by atoms with E-state index in [9.17, 15) is 19.8 Å². The van der Waals surface area contributed by atoms with Gasteiger partial charge in [-0.25, -0.2) is 9.98 Å².